The molecule has 1 aromatic rings. The van der Waals surface area contributed by atoms with E-state index in [1.807, 2.05) is 13.2 Å². The van der Waals surface area contributed by atoms with Crippen LogP contribution in [0.2, 0.25) is 0 Å². The minimum Gasteiger partial charge on any atom is -0.311 e. The van der Waals surface area contributed by atoms with Gasteiger partial charge in [-0.1, -0.05) is 5.21 Å². The van der Waals surface area contributed by atoms with Crippen LogP contribution in [0, 0.1) is 5.92 Å². The van der Waals surface area contributed by atoms with Gasteiger partial charge in [0.05, 0.1) is 5.69 Å². The molecule has 1 aromatic heterocycles. The second-order valence-corrected chi connectivity index (χ2v) is 4.89. The maximum Gasteiger partial charge on any atom is 0.0964 e. The van der Waals surface area contributed by atoms with Gasteiger partial charge in [0, 0.05) is 19.8 Å². The lowest BCUT2D eigenvalue weighted by Gasteiger charge is -2.07. The van der Waals surface area contributed by atoms with Gasteiger partial charge in [-0.05, 0) is 30.4 Å². The normalized spacial score (nSPS) is 21.6. The van der Waals surface area contributed by atoms with Gasteiger partial charge in [-0.15, -0.1) is 5.10 Å². The molecule has 2 rings (SSSR count). The van der Waals surface area contributed by atoms with Crippen molar-refractivity contribution in [2.75, 3.05) is 18.1 Å². The van der Waals surface area contributed by atoms with Crippen molar-refractivity contribution in [2.45, 2.75) is 13.0 Å². The quantitative estimate of drug-likeness (QED) is 0.796. The summed E-state index contributed by atoms with van der Waals surface area (Å²) in [5.41, 5.74) is 1.03. The first-order chi connectivity index (χ1) is 6.84. The zero-order valence-corrected chi connectivity index (χ0v) is 9.26. The van der Waals surface area contributed by atoms with Crippen LogP contribution < -0.4 is 5.32 Å². The number of hydrogen-bond donors (Lipinski definition) is 1. The number of aromatic nitrogens is 3. The molecule has 0 aromatic carbocycles. The molecule has 14 heavy (non-hydrogen) atoms. The van der Waals surface area contributed by atoms with E-state index >= 15 is 0 Å². The summed E-state index contributed by atoms with van der Waals surface area (Å²) >= 11 is 2.06. The molecule has 2 heterocycles. The summed E-state index contributed by atoms with van der Waals surface area (Å²) in [5.74, 6) is 3.50. The van der Waals surface area contributed by atoms with Crippen LogP contribution >= 0.6 is 11.8 Å². The minimum absolute atomic E-state index is 0.842. The average molecular weight is 212 g/mol. The fraction of sp³-hybridized carbons (Fsp3) is 0.778. The third-order valence-corrected chi connectivity index (χ3v) is 3.64. The van der Waals surface area contributed by atoms with Crippen LogP contribution in [0.5, 0.6) is 0 Å². The van der Waals surface area contributed by atoms with E-state index in [4.69, 9.17) is 0 Å². The molecule has 0 saturated carbocycles. The fourth-order valence-corrected chi connectivity index (χ4v) is 2.91. The molecule has 0 bridgehead atoms. The van der Waals surface area contributed by atoms with Crippen molar-refractivity contribution in [2.24, 2.45) is 13.0 Å². The molecule has 0 amide bonds. The molecule has 4 nitrogen and oxygen atoms in total. The van der Waals surface area contributed by atoms with E-state index in [9.17, 15) is 0 Å². The SMILES string of the molecule is Cn1cc(CNCC2CCSC2)nn1. The topological polar surface area (TPSA) is 42.7 Å². The largest absolute Gasteiger partial charge is 0.311 e. The third-order valence-electron chi connectivity index (χ3n) is 2.41. The van der Waals surface area contributed by atoms with E-state index in [2.05, 4.69) is 27.4 Å². The summed E-state index contributed by atoms with van der Waals surface area (Å²) in [4.78, 5) is 0. The van der Waals surface area contributed by atoms with Gasteiger partial charge in [0.15, 0.2) is 0 Å². The van der Waals surface area contributed by atoms with Crippen molar-refractivity contribution in [1.29, 1.82) is 0 Å². The maximum atomic E-state index is 4.03. The fourth-order valence-electron chi connectivity index (χ4n) is 1.62. The van der Waals surface area contributed by atoms with Gasteiger partial charge in [-0.2, -0.15) is 11.8 Å². The molecule has 0 spiro atoms. The van der Waals surface area contributed by atoms with Crippen LogP contribution in [0.3, 0.4) is 0 Å². The maximum absolute atomic E-state index is 4.03. The van der Waals surface area contributed by atoms with Gasteiger partial charge >= 0.3 is 0 Å². The highest BCUT2D eigenvalue weighted by molar-refractivity contribution is 7.99. The van der Waals surface area contributed by atoms with Gasteiger partial charge in [-0.3, -0.25) is 4.68 Å². The molecule has 1 atom stereocenters. The predicted octanol–water partition coefficient (Wildman–Crippen LogP) is 0.658. The summed E-state index contributed by atoms with van der Waals surface area (Å²) in [7, 11) is 1.89. The van der Waals surface area contributed by atoms with Crippen LogP contribution in [0.1, 0.15) is 12.1 Å². The lowest BCUT2D eigenvalue weighted by Crippen LogP contribution is -2.22. The molecule has 1 aliphatic rings. The smallest absolute Gasteiger partial charge is 0.0964 e. The van der Waals surface area contributed by atoms with Crippen LogP contribution in [-0.4, -0.2) is 33.0 Å². The first-order valence-corrected chi connectivity index (χ1v) is 6.14. The van der Waals surface area contributed by atoms with Gasteiger partial charge in [-0.25, -0.2) is 0 Å². The Labute approximate surface area is 88.4 Å². The molecule has 1 N–H and O–H groups in total. The first kappa shape index (κ1) is 9.98. The first-order valence-electron chi connectivity index (χ1n) is 4.98. The van der Waals surface area contributed by atoms with Gasteiger partial charge in [0.2, 0.25) is 0 Å². The Morgan fingerprint density at radius 2 is 2.64 bits per heavy atom. The van der Waals surface area contributed by atoms with Crippen LogP contribution in [0.4, 0.5) is 0 Å². The highest BCUT2D eigenvalue weighted by atomic mass is 32.2. The lowest BCUT2D eigenvalue weighted by molar-refractivity contribution is 0.520. The van der Waals surface area contributed by atoms with Crippen molar-refractivity contribution < 1.29 is 0 Å². The van der Waals surface area contributed by atoms with Crippen molar-refractivity contribution in [1.82, 2.24) is 20.3 Å². The van der Waals surface area contributed by atoms with Crippen molar-refractivity contribution in [3.05, 3.63) is 11.9 Å². The van der Waals surface area contributed by atoms with Crippen molar-refractivity contribution >= 4 is 11.8 Å². The summed E-state index contributed by atoms with van der Waals surface area (Å²) < 4.78 is 1.74. The standard InChI is InChI=1S/C9H16N4S/c1-13-6-9(11-12-13)5-10-4-8-2-3-14-7-8/h6,8,10H,2-5,7H2,1H3. The minimum atomic E-state index is 0.842. The highest BCUT2D eigenvalue weighted by Gasteiger charge is 2.14. The molecular formula is C9H16N4S. The molecule has 1 aliphatic heterocycles. The zero-order chi connectivity index (χ0) is 9.80. The summed E-state index contributed by atoms with van der Waals surface area (Å²) in [6.07, 6.45) is 3.31. The number of nitrogens with zero attached hydrogens (tertiary/aromatic N) is 3. The van der Waals surface area contributed by atoms with E-state index < -0.39 is 0 Å². The predicted molar refractivity (Wildman–Crippen MR) is 58.1 cm³/mol. The number of thioether (sulfide) groups is 1. The van der Waals surface area contributed by atoms with Gasteiger partial charge < -0.3 is 5.32 Å². The van der Waals surface area contributed by atoms with Crippen LogP contribution in [0.25, 0.3) is 0 Å². The molecule has 78 valence electrons. The molecule has 0 aliphatic carbocycles. The molecule has 1 saturated heterocycles. The molecule has 0 radical (unpaired) electrons. The van der Waals surface area contributed by atoms with E-state index in [0.717, 1.165) is 24.7 Å². The van der Waals surface area contributed by atoms with Crippen LogP contribution in [-0.2, 0) is 13.6 Å². The van der Waals surface area contributed by atoms with Crippen LogP contribution in [0.15, 0.2) is 6.20 Å². The number of hydrogen-bond acceptors (Lipinski definition) is 4. The third kappa shape index (κ3) is 2.72. The lowest BCUT2D eigenvalue weighted by atomic mass is 10.1. The van der Waals surface area contributed by atoms with Gasteiger partial charge in [0.25, 0.3) is 0 Å². The Bertz CT molecular complexity index is 280. The summed E-state index contributed by atoms with van der Waals surface area (Å²) in [6.45, 7) is 1.96. The second kappa shape index (κ2) is 4.79. The Morgan fingerprint density at radius 1 is 1.71 bits per heavy atom. The Hall–Kier alpha value is -0.550. The zero-order valence-electron chi connectivity index (χ0n) is 8.44. The highest BCUT2D eigenvalue weighted by Crippen LogP contribution is 2.22. The number of nitrogens with one attached hydrogen (secondary N) is 1. The molecular weight excluding hydrogens is 196 g/mol. The van der Waals surface area contributed by atoms with E-state index in [1.165, 1.54) is 17.9 Å². The average Bonchev–Trinajstić information content (AvgIpc) is 2.77. The second-order valence-electron chi connectivity index (χ2n) is 3.74. The van der Waals surface area contributed by atoms with E-state index in [0.29, 0.717) is 0 Å². The molecule has 5 heteroatoms. The van der Waals surface area contributed by atoms with E-state index in [-0.39, 0.29) is 0 Å². The number of aryl methyl sites for hydroxylation is 1. The van der Waals surface area contributed by atoms with E-state index in [1.54, 1.807) is 4.68 Å². The Morgan fingerprint density at radius 3 is 3.29 bits per heavy atom. The molecule has 1 unspecified atom stereocenters. The number of rotatable bonds is 4. The van der Waals surface area contributed by atoms with Gasteiger partial charge in [0.1, 0.15) is 0 Å². The van der Waals surface area contributed by atoms with Crippen molar-refractivity contribution in [3.8, 4) is 0 Å². The van der Waals surface area contributed by atoms with Crippen molar-refractivity contribution in [3.63, 3.8) is 0 Å². The molecule has 1 fully saturated rings. The summed E-state index contributed by atoms with van der Waals surface area (Å²) in [6, 6.07) is 0. The Kier molecular flexibility index (Phi) is 3.42. The summed E-state index contributed by atoms with van der Waals surface area (Å²) in [5, 5.41) is 11.3. The monoisotopic (exact) mass is 212 g/mol. The Balaban J connectivity index is 1.67.